The van der Waals surface area contributed by atoms with Gasteiger partial charge in [-0.15, -0.1) is 0 Å². The highest BCUT2D eigenvalue weighted by atomic mass is 16.5. The number of carbonyl (C=O) groups excluding carboxylic acids is 1. The van der Waals surface area contributed by atoms with Crippen molar-refractivity contribution in [2.75, 3.05) is 27.9 Å². The first kappa shape index (κ1) is 15.6. The Labute approximate surface area is 116 Å². The van der Waals surface area contributed by atoms with Gasteiger partial charge in [0.2, 0.25) is 11.7 Å². The maximum atomic E-state index is 11.1. The second kappa shape index (κ2) is 7.22. The molecule has 0 aliphatic heterocycles. The highest BCUT2D eigenvalue weighted by Gasteiger charge is 2.17. The van der Waals surface area contributed by atoms with E-state index in [0.29, 0.717) is 0 Å². The molecule has 0 heterocycles. The summed E-state index contributed by atoms with van der Waals surface area (Å²) in [6.07, 6.45) is 0.170. The molecule has 0 fully saturated rings. The van der Waals surface area contributed by atoms with Crippen molar-refractivity contribution in [1.82, 2.24) is 5.32 Å². The Bertz CT molecular complexity index is 475. The lowest BCUT2D eigenvalue weighted by atomic mass is 10.2. The van der Waals surface area contributed by atoms with Crippen LogP contribution in [0.25, 0.3) is 0 Å². The largest absolute Gasteiger partial charge is 0.493 e. The summed E-state index contributed by atoms with van der Waals surface area (Å²) >= 11 is 0. The minimum atomic E-state index is -1.10. The fourth-order valence-corrected chi connectivity index (χ4v) is 1.52. The van der Waals surface area contributed by atoms with E-state index in [2.05, 4.69) is 5.32 Å². The number of nitrogens with one attached hydrogen (secondary N) is 1. The van der Waals surface area contributed by atoms with Crippen LogP contribution < -0.4 is 19.5 Å². The third kappa shape index (κ3) is 3.78. The van der Waals surface area contributed by atoms with E-state index in [0.717, 1.165) is 0 Å². The molecule has 0 saturated heterocycles. The molecule has 0 saturated carbocycles. The van der Waals surface area contributed by atoms with Crippen LogP contribution in [0.3, 0.4) is 0 Å². The molecule has 2 N–H and O–H groups in total. The van der Waals surface area contributed by atoms with Gasteiger partial charge in [0.15, 0.2) is 11.5 Å². The Balaban J connectivity index is 2.98. The molecule has 0 unspecified atom stereocenters. The van der Waals surface area contributed by atoms with Crippen LogP contribution >= 0.6 is 0 Å². The molecule has 110 valence electrons. The summed E-state index contributed by atoms with van der Waals surface area (Å²) in [5.74, 6) is -0.523. The average Bonchev–Trinajstić information content (AvgIpc) is 2.46. The summed E-state index contributed by atoms with van der Waals surface area (Å²) in [7, 11) is 4.32. The SMILES string of the molecule is CNC(=O)CCOc1c(OC)cc(C(=O)O)cc1OC. The van der Waals surface area contributed by atoms with Crippen LogP contribution in [0, 0.1) is 0 Å². The summed E-state index contributed by atoms with van der Waals surface area (Å²) in [5, 5.41) is 11.5. The maximum Gasteiger partial charge on any atom is 0.335 e. The normalized spacial score (nSPS) is 9.75. The number of rotatable bonds is 7. The van der Waals surface area contributed by atoms with Gasteiger partial charge in [0, 0.05) is 7.05 Å². The van der Waals surface area contributed by atoms with Crippen molar-refractivity contribution in [1.29, 1.82) is 0 Å². The van der Waals surface area contributed by atoms with Crippen molar-refractivity contribution in [3.8, 4) is 17.2 Å². The van der Waals surface area contributed by atoms with Crippen molar-refractivity contribution < 1.29 is 28.9 Å². The van der Waals surface area contributed by atoms with E-state index in [1.54, 1.807) is 0 Å². The Morgan fingerprint density at radius 1 is 1.20 bits per heavy atom. The maximum absolute atomic E-state index is 11.1. The van der Waals surface area contributed by atoms with Crippen molar-refractivity contribution in [2.24, 2.45) is 0 Å². The van der Waals surface area contributed by atoms with Gasteiger partial charge < -0.3 is 24.6 Å². The van der Waals surface area contributed by atoms with Gasteiger partial charge in [-0.3, -0.25) is 4.79 Å². The van der Waals surface area contributed by atoms with Crippen LogP contribution in [0.5, 0.6) is 17.2 Å². The molecule has 0 aliphatic rings. The van der Waals surface area contributed by atoms with Crippen molar-refractivity contribution >= 4 is 11.9 Å². The lowest BCUT2D eigenvalue weighted by Gasteiger charge is -2.15. The van der Waals surface area contributed by atoms with Gasteiger partial charge in [-0.05, 0) is 12.1 Å². The van der Waals surface area contributed by atoms with Gasteiger partial charge in [0.05, 0.1) is 32.8 Å². The van der Waals surface area contributed by atoms with E-state index in [-0.39, 0.29) is 41.7 Å². The number of hydrogen-bond donors (Lipinski definition) is 2. The van der Waals surface area contributed by atoms with Gasteiger partial charge in [-0.25, -0.2) is 4.79 Å². The first-order valence-corrected chi connectivity index (χ1v) is 5.86. The van der Waals surface area contributed by atoms with Crippen LogP contribution in [0.15, 0.2) is 12.1 Å². The number of benzene rings is 1. The molecule has 20 heavy (non-hydrogen) atoms. The van der Waals surface area contributed by atoms with E-state index >= 15 is 0 Å². The van der Waals surface area contributed by atoms with Crippen LogP contribution in [0.4, 0.5) is 0 Å². The van der Waals surface area contributed by atoms with E-state index in [4.69, 9.17) is 19.3 Å². The summed E-state index contributed by atoms with van der Waals surface area (Å²) < 4.78 is 15.6. The number of ether oxygens (including phenoxy) is 3. The van der Waals surface area contributed by atoms with Crippen LogP contribution in [-0.4, -0.2) is 44.9 Å². The summed E-state index contributed by atoms with van der Waals surface area (Å²) in [5.41, 5.74) is 0.0253. The first-order valence-electron chi connectivity index (χ1n) is 5.86. The van der Waals surface area contributed by atoms with Crippen LogP contribution in [0.2, 0.25) is 0 Å². The molecule has 0 aromatic heterocycles. The molecule has 1 aromatic rings. The van der Waals surface area contributed by atoms with Gasteiger partial charge in [-0.1, -0.05) is 0 Å². The highest BCUT2D eigenvalue weighted by molar-refractivity contribution is 5.89. The Kier molecular flexibility index (Phi) is 5.64. The average molecular weight is 283 g/mol. The number of methoxy groups -OCH3 is 2. The number of aromatic carboxylic acids is 1. The number of amides is 1. The van der Waals surface area contributed by atoms with Gasteiger partial charge in [-0.2, -0.15) is 0 Å². The predicted octanol–water partition coefficient (Wildman–Crippen LogP) is 0.917. The zero-order valence-electron chi connectivity index (χ0n) is 11.6. The molecular weight excluding hydrogens is 266 g/mol. The quantitative estimate of drug-likeness (QED) is 0.772. The fourth-order valence-electron chi connectivity index (χ4n) is 1.52. The number of carbonyl (C=O) groups is 2. The number of carboxylic acids is 1. The van der Waals surface area contributed by atoms with E-state index in [1.807, 2.05) is 0 Å². The van der Waals surface area contributed by atoms with E-state index < -0.39 is 5.97 Å². The zero-order valence-corrected chi connectivity index (χ0v) is 11.6. The zero-order chi connectivity index (χ0) is 15.1. The van der Waals surface area contributed by atoms with Crippen molar-refractivity contribution in [3.63, 3.8) is 0 Å². The standard InChI is InChI=1S/C13H17NO6/c1-14-11(15)4-5-20-12-9(18-2)6-8(13(16)17)7-10(12)19-3/h6-7H,4-5H2,1-3H3,(H,14,15)(H,16,17). The molecule has 1 aromatic carbocycles. The minimum Gasteiger partial charge on any atom is -0.493 e. The van der Waals surface area contributed by atoms with E-state index in [9.17, 15) is 9.59 Å². The monoisotopic (exact) mass is 283 g/mol. The fraction of sp³-hybridized carbons (Fsp3) is 0.385. The van der Waals surface area contributed by atoms with Gasteiger partial charge in [0.25, 0.3) is 0 Å². The predicted molar refractivity (Wildman–Crippen MR) is 70.7 cm³/mol. The second-order valence-electron chi connectivity index (χ2n) is 3.79. The first-order chi connectivity index (χ1) is 9.53. The minimum absolute atomic E-state index is 0.0253. The highest BCUT2D eigenvalue weighted by Crippen LogP contribution is 2.38. The number of carboxylic acid groups (broad SMARTS) is 1. The summed E-state index contributed by atoms with van der Waals surface area (Å²) in [4.78, 5) is 22.1. The van der Waals surface area contributed by atoms with Gasteiger partial charge >= 0.3 is 5.97 Å². The topological polar surface area (TPSA) is 94.1 Å². The third-order valence-electron chi connectivity index (χ3n) is 2.56. The Morgan fingerprint density at radius 3 is 2.15 bits per heavy atom. The molecule has 0 atom stereocenters. The molecule has 7 nitrogen and oxygen atoms in total. The summed E-state index contributed by atoms with van der Waals surface area (Å²) in [6, 6.07) is 2.67. The summed E-state index contributed by atoms with van der Waals surface area (Å²) in [6.45, 7) is 0.124. The molecular formula is C13H17NO6. The number of hydrogen-bond acceptors (Lipinski definition) is 5. The van der Waals surface area contributed by atoms with E-state index in [1.165, 1.54) is 33.4 Å². The van der Waals surface area contributed by atoms with Crippen molar-refractivity contribution in [3.05, 3.63) is 17.7 Å². The van der Waals surface area contributed by atoms with Crippen LogP contribution in [-0.2, 0) is 4.79 Å². The molecule has 7 heteroatoms. The van der Waals surface area contributed by atoms with Gasteiger partial charge in [0.1, 0.15) is 0 Å². The van der Waals surface area contributed by atoms with Crippen LogP contribution in [0.1, 0.15) is 16.8 Å². The lowest BCUT2D eigenvalue weighted by molar-refractivity contribution is -0.121. The second-order valence-corrected chi connectivity index (χ2v) is 3.79. The molecule has 0 aliphatic carbocycles. The lowest BCUT2D eigenvalue weighted by Crippen LogP contribution is -2.20. The smallest absolute Gasteiger partial charge is 0.335 e. The molecule has 0 radical (unpaired) electrons. The molecule has 1 amide bonds. The van der Waals surface area contributed by atoms with Crippen molar-refractivity contribution in [2.45, 2.75) is 6.42 Å². The Hall–Kier alpha value is -2.44. The molecule has 0 bridgehead atoms. The molecule has 1 rings (SSSR count). The Morgan fingerprint density at radius 2 is 1.75 bits per heavy atom. The third-order valence-corrected chi connectivity index (χ3v) is 2.56. The molecule has 0 spiro atoms.